The molecule has 0 unspecified atom stereocenters. The highest BCUT2D eigenvalue weighted by Crippen LogP contribution is 2.26. The lowest BCUT2D eigenvalue weighted by Gasteiger charge is -2.23. The number of likely N-dealkylation sites (N-methyl/N-ethyl adjacent to an activating group) is 1. The first-order chi connectivity index (χ1) is 11.4. The van der Waals surface area contributed by atoms with Crippen LogP contribution in [-0.2, 0) is 0 Å². The molecule has 2 heterocycles. The molecule has 3 rings (SSSR count). The van der Waals surface area contributed by atoms with Crippen LogP contribution in [0.4, 0.5) is 4.39 Å². The number of hydrogen-bond acceptors (Lipinski definition) is 3. The Morgan fingerprint density at radius 2 is 2.08 bits per heavy atom. The second-order valence-electron chi connectivity index (χ2n) is 6.65. The topological polar surface area (TPSA) is 56.4 Å². The molecular formula is C18H22FN3O2. The molecule has 5 nitrogen and oxygen atoms in total. The van der Waals surface area contributed by atoms with Gasteiger partial charge in [-0.25, -0.2) is 4.39 Å². The fourth-order valence-electron chi connectivity index (χ4n) is 3.58. The monoisotopic (exact) mass is 331 g/mol. The third kappa shape index (κ3) is 2.94. The Balaban J connectivity index is 2.00. The summed E-state index contributed by atoms with van der Waals surface area (Å²) in [5, 5.41) is 0.445. The molecule has 1 saturated heterocycles. The highest BCUT2D eigenvalue weighted by molar-refractivity contribution is 6.06. The number of nitrogens with zero attached hydrogens (tertiary/aromatic N) is 2. The van der Waals surface area contributed by atoms with Gasteiger partial charge in [-0.1, -0.05) is 13.3 Å². The van der Waals surface area contributed by atoms with Crippen LogP contribution in [0.2, 0.25) is 0 Å². The van der Waals surface area contributed by atoms with Gasteiger partial charge in [0, 0.05) is 36.1 Å². The number of amides is 1. The molecule has 0 aliphatic carbocycles. The van der Waals surface area contributed by atoms with E-state index in [-0.39, 0.29) is 17.0 Å². The van der Waals surface area contributed by atoms with E-state index in [1.54, 1.807) is 4.90 Å². The predicted octanol–water partition coefficient (Wildman–Crippen LogP) is 2.08. The lowest BCUT2D eigenvalue weighted by atomic mass is 10.0. The maximum atomic E-state index is 13.6. The number of fused-ring (bicyclic) bond motifs is 1. The minimum Gasteiger partial charge on any atom is -0.337 e. The molecule has 1 aromatic heterocycles. The Kier molecular flexibility index (Phi) is 4.41. The lowest BCUT2D eigenvalue weighted by Crippen LogP contribution is -2.36. The fraction of sp³-hybridized carbons (Fsp3) is 0.444. The number of nitrogens with one attached hydrogen (secondary N) is 1. The molecule has 2 aromatic rings. The van der Waals surface area contributed by atoms with Crippen LogP contribution >= 0.6 is 0 Å². The largest absolute Gasteiger partial charge is 0.337 e. The van der Waals surface area contributed by atoms with E-state index >= 15 is 0 Å². The number of aromatic nitrogens is 1. The SMILES string of the molecule is CC[C@@H]1CN(C(=O)c2cc(=O)[nH]c3ccc(F)cc23)C[C@@H]1N(C)C. The summed E-state index contributed by atoms with van der Waals surface area (Å²) in [6.45, 7) is 3.39. The van der Waals surface area contributed by atoms with E-state index in [2.05, 4.69) is 16.8 Å². The summed E-state index contributed by atoms with van der Waals surface area (Å²) in [7, 11) is 4.03. The van der Waals surface area contributed by atoms with E-state index < -0.39 is 5.82 Å². The highest BCUT2D eigenvalue weighted by Gasteiger charge is 2.36. The molecule has 1 aliphatic rings. The molecular weight excluding hydrogens is 309 g/mol. The van der Waals surface area contributed by atoms with Gasteiger partial charge in [0.05, 0.1) is 5.56 Å². The Morgan fingerprint density at radius 1 is 1.33 bits per heavy atom. The van der Waals surface area contributed by atoms with E-state index in [0.29, 0.717) is 36.0 Å². The summed E-state index contributed by atoms with van der Waals surface area (Å²) in [5.41, 5.74) is 0.387. The summed E-state index contributed by atoms with van der Waals surface area (Å²) in [5.74, 6) is -0.240. The predicted molar refractivity (Wildman–Crippen MR) is 91.7 cm³/mol. The van der Waals surface area contributed by atoms with Crippen LogP contribution in [0.1, 0.15) is 23.7 Å². The summed E-state index contributed by atoms with van der Waals surface area (Å²) in [6, 6.07) is 5.63. The van der Waals surface area contributed by atoms with Gasteiger partial charge in [-0.05, 0) is 38.2 Å². The van der Waals surface area contributed by atoms with Crippen molar-refractivity contribution in [2.24, 2.45) is 5.92 Å². The molecule has 1 aromatic carbocycles. The fourth-order valence-corrected chi connectivity index (χ4v) is 3.58. The molecule has 1 fully saturated rings. The summed E-state index contributed by atoms with van der Waals surface area (Å²) < 4.78 is 13.6. The molecule has 0 radical (unpaired) electrons. The molecule has 1 amide bonds. The number of halogens is 1. The minimum atomic E-state index is -0.428. The van der Waals surface area contributed by atoms with Crippen LogP contribution in [0.5, 0.6) is 0 Å². The standard InChI is InChI=1S/C18H22FN3O2/c1-4-11-9-22(10-16(11)21(2)3)18(24)14-8-17(23)20-15-6-5-12(19)7-13(14)15/h5-8,11,16H,4,9-10H2,1-3H3,(H,20,23)/t11-,16+/m1/s1. The van der Waals surface area contributed by atoms with Crippen molar-refractivity contribution in [3.05, 3.63) is 46.0 Å². The third-order valence-corrected chi connectivity index (χ3v) is 4.92. The van der Waals surface area contributed by atoms with Crippen molar-refractivity contribution in [2.45, 2.75) is 19.4 Å². The Bertz CT molecular complexity index is 831. The zero-order valence-corrected chi connectivity index (χ0v) is 14.2. The van der Waals surface area contributed by atoms with Crippen molar-refractivity contribution in [3.8, 4) is 0 Å². The quantitative estimate of drug-likeness (QED) is 0.937. The molecule has 24 heavy (non-hydrogen) atoms. The number of carbonyl (C=O) groups is 1. The normalized spacial score (nSPS) is 21.0. The third-order valence-electron chi connectivity index (χ3n) is 4.92. The second-order valence-corrected chi connectivity index (χ2v) is 6.65. The molecule has 0 saturated carbocycles. The Labute approximate surface area is 140 Å². The zero-order valence-electron chi connectivity index (χ0n) is 14.2. The van der Waals surface area contributed by atoms with Crippen molar-refractivity contribution in [1.82, 2.24) is 14.8 Å². The summed E-state index contributed by atoms with van der Waals surface area (Å²) in [6.07, 6.45) is 0.984. The van der Waals surface area contributed by atoms with Crippen molar-refractivity contribution in [2.75, 3.05) is 27.2 Å². The molecule has 2 atom stereocenters. The van der Waals surface area contributed by atoms with E-state index in [0.717, 1.165) is 6.42 Å². The van der Waals surface area contributed by atoms with Crippen LogP contribution in [0.25, 0.3) is 10.9 Å². The van der Waals surface area contributed by atoms with Crippen LogP contribution in [0.3, 0.4) is 0 Å². The first kappa shape index (κ1) is 16.6. The number of carbonyl (C=O) groups excluding carboxylic acids is 1. The molecule has 1 aliphatic heterocycles. The number of pyridine rings is 1. The van der Waals surface area contributed by atoms with Gasteiger partial charge in [-0.15, -0.1) is 0 Å². The van der Waals surface area contributed by atoms with E-state index in [1.165, 1.54) is 24.3 Å². The van der Waals surface area contributed by atoms with Gasteiger partial charge in [0.25, 0.3) is 5.91 Å². The van der Waals surface area contributed by atoms with Gasteiger partial charge in [0.1, 0.15) is 5.82 Å². The summed E-state index contributed by atoms with van der Waals surface area (Å²) >= 11 is 0. The lowest BCUT2D eigenvalue weighted by molar-refractivity contribution is 0.0782. The van der Waals surface area contributed by atoms with Crippen molar-refractivity contribution in [1.29, 1.82) is 0 Å². The van der Waals surface area contributed by atoms with Gasteiger partial charge in [0.2, 0.25) is 5.56 Å². The van der Waals surface area contributed by atoms with E-state index in [4.69, 9.17) is 0 Å². The Morgan fingerprint density at radius 3 is 2.71 bits per heavy atom. The van der Waals surface area contributed by atoms with Crippen molar-refractivity contribution in [3.63, 3.8) is 0 Å². The van der Waals surface area contributed by atoms with Crippen molar-refractivity contribution < 1.29 is 9.18 Å². The zero-order chi connectivity index (χ0) is 17.4. The highest BCUT2D eigenvalue weighted by atomic mass is 19.1. The van der Waals surface area contributed by atoms with Crippen LogP contribution in [-0.4, -0.2) is 53.9 Å². The maximum Gasteiger partial charge on any atom is 0.254 e. The van der Waals surface area contributed by atoms with Crippen LogP contribution in [0.15, 0.2) is 29.1 Å². The first-order valence-electron chi connectivity index (χ1n) is 8.19. The molecule has 0 bridgehead atoms. The van der Waals surface area contributed by atoms with E-state index in [1.807, 2.05) is 14.1 Å². The number of aromatic amines is 1. The number of hydrogen-bond donors (Lipinski definition) is 1. The number of likely N-dealkylation sites (tertiary alicyclic amines) is 1. The minimum absolute atomic E-state index is 0.209. The van der Waals surface area contributed by atoms with Crippen LogP contribution in [0, 0.1) is 11.7 Å². The number of rotatable bonds is 3. The van der Waals surface area contributed by atoms with Gasteiger partial charge in [-0.3, -0.25) is 9.59 Å². The molecule has 0 spiro atoms. The average molecular weight is 331 g/mol. The van der Waals surface area contributed by atoms with Gasteiger partial charge in [0.15, 0.2) is 0 Å². The molecule has 128 valence electrons. The van der Waals surface area contributed by atoms with Gasteiger partial charge in [-0.2, -0.15) is 0 Å². The Hall–Kier alpha value is -2.21. The average Bonchev–Trinajstić information content (AvgIpc) is 2.98. The number of H-pyrrole nitrogens is 1. The summed E-state index contributed by atoms with van der Waals surface area (Å²) in [4.78, 5) is 31.4. The van der Waals surface area contributed by atoms with Crippen LogP contribution < -0.4 is 5.56 Å². The maximum absolute atomic E-state index is 13.6. The number of benzene rings is 1. The molecule has 1 N–H and O–H groups in total. The van der Waals surface area contributed by atoms with Crippen molar-refractivity contribution >= 4 is 16.8 Å². The van der Waals surface area contributed by atoms with Gasteiger partial charge < -0.3 is 14.8 Å². The van der Waals surface area contributed by atoms with Gasteiger partial charge >= 0.3 is 0 Å². The second kappa shape index (κ2) is 6.36. The smallest absolute Gasteiger partial charge is 0.254 e. The first-order valence-corrected chi connectivity index (χ1v) is 8.19. The molecule has 6 heteroatoms. The van der Waals surface area contributed by atoms with E-state index in [9.17, 15) is 14.0 Å².